The van der Waals surface area contributed by atoms with Gasteiger partial charge in [-0.2, -0.15) is 0 Å². The van der Waals surface area contributed by atoms with E-state index in [0.29, 0.717) is 6.54 Å². The second-order valence-corrected chi connectivity index (χ2v) is 4.00. The molecule has 0 spiro atoms. The highest BCUT2D eigenvalue weighted by Crippen LogP contribution is 2.43. The van der Waals surface area contributed by atoms with Crippen LogP contribution < -0.4 is 5.73 Å². The molecular weight excluding hydrogens is 174 g/mol. The van der Waals surface area contributed by atoms with Crippen molar-refractivity contribution in [2.45, 2.75) is 25.3 Å². The van der Waals surface area contributed by atoms with Gasteiger partial charge in [0.2, 0.25) is 0 Å². The molecule has 2 aromatic rings. The Hall–Kier alpha value is -1.28. The van der Waals surface area contributed by atoms with Gasteiger partial charge in [0.1, 0.15) is 5.58 Å². The molecule has 1 fully saturated rings. The lowest BCUT2D eigenvalue weighted by molar-refractivity contribution is 0.610. The van der Waals surface area contributed by atoms with Crippen LogP contribution in [0.15, 0.2) is 28.9 Å². The van der Waals surface area contributed by atoms with Crippen molar-refractivity contribution in [1.82, 2.24) is 0 Å². The minimum absolute atomic E-state index is 0.602. The molecule has 2 heteroatoms. The first-order chi connectivity index (χ1) is 6.88. The van der Waals surface area contributed by atoms with E-state index in [0.717, 1.165) is 11.5 Å². The Kier molecular flexibility index (Phi) is 1.64. The number of nitrogens with two attached hydrogens (primary N) is 1. The maximum Gasteiger partial charge on any atom is 0.134 e. The fourth-order valence-electron chi connectivity index (χ4n) is 1.93. The lowest BCUT2D eigenvalue weighted by Crippen LogP contribution is -1.95. The van der Waals surface area contributed by atoms with Crippen LogP contribution in [-0.2, 0) is 6.54 Å². The molecule has 0 unspecified atom stereocenters. The zero-order valence-electron chi connectivity index (χ0n) is 7.99. The van der Waals surface area contributed by atoms with Gasteiger partial charge in [-0.3, -0.25) is 0 Å². The molecule has 72 valence electrons. The first kappa shape index (κ1) is 8.06. The van der Waals surface area contributed by atoms with E-state index in [4.69, 9.17) is 10.2 Å². The van der Waals surface area contributed by atoms with Crippen LogP contribution in [0.1, 0.15) is 29.9 Å². The Bertz CT molecular complexity index is 468. The Labute approximate surface area is 82.7 Å². The van der Waals surface area contributed by atoms with Crippen molar-refractivity contribution in [3.05, 3.63) is 35.6 Å². The summed E-state index contributed by atoms with van der Waals surface area (Å²) in [7, 11) is 0. The third-order valence-electron chi connectivity index (χ3n) is 2.92. The second-order valence-electron chi connectivity index (χ2n) is 4.00. The summed E-state index contributed by atoms with van der Waals surface area (Å²) in [5, 5.41) is 1.26. The van der Waals surface area contributed by atoms with Crippen molar-refractivity contribution in [2.75, 3.05) is 0 Å². The Morgan fingerprint density at radius 3 is 2.93 bits per heavy atom. The maximum absolute atomic E-state index is 5.62. The van der Waals surface area contributed by atoms with Crippen LogP contribution >= 0.6 is 0 Å². The van der Waals surface area contributed by atoms with Crippen molar-refractivity contribution >= 4 is 11.0 Å². The minimum Gasteiger partial charge on any atom is -0.464 e. The molecule has 1 aromatic heterocycles. The minimum atomic E-state index is 0.602. The van der Waals surface area contributed by atoms with Gasteiger partial charge >= 0.3 is 0 Å². The zero-order chi connectivity index (χ0) is 9.54. The summed E-state index contributed by atoms with van der Waals surface area (Å²) in [4.78, 5) is 0. The van der Waals surface area contributed by atoms with Crippen LogP contribution in [0.3, 0.4) is 0 Å². The van der Waals surface area contributed by atoms with E-state index in [1.807, 2.05) is 18.4 Å². The van der Waals surface area contributed by atoms with Gasteiger partial charge in [-0.1, -0.05) is 6.07 Å². The van der Waals surface area contributed by atoms with E-state index in [1.54, 1.807) is 0 Å². The Morgan fingerprint density at radius 1 is 1.36 bits per heavy atom. The van der Waals surface area contributed by atoms with E-state index in [2.05, 4.69) is 6.07 Å². The first-order valence-corrected chi connectivity index (χ1v) is 5.08. The van der Waals surface area contributed by atoms with Crippen LogP contribution in [0.5, 0.6) is 0 Å². The highest BCUT2D eigenvalue weighted by molar-refractivity contribution is 5.82. The summed E-state index contributed by atoms with van der Waals surface area (Å²) in [5.74, 6) is 0.740. The molecular formula is C12H13NO. The fourth-order valence-corrected chi connectivity index (χ4v) is 1.93. The molecule has 0 radical (unpaired) electrons. The van der Waals surface area contributed by atoms with Crippen LogP contribution in [0.25, 0.3) is 11.0 Å². The maximum atomic E-state index is 5.62. The quantitative estimate of drug-likeness (QED) is 0.785. The number of hydrogen-bond donors (Lipinski definition) is 1. The summed E-state index contributed by atoms with van der Waals surface area (Å²) in [6, 6.07) is 6.21. The van der Waals surface area contributed by atoms with Gasteiger partial charge < -0.3 is 10.2 Å². The number of benzene rings is 1. The van der Waals surface area contributed by atoms with Crippen molar-refractivity contribution < 1.29 is 4.42 Å². The summed E-state index contributed by atoms with van der Waals surface area (Å²) >= 11 is 0. The highest BCUT2D eigenvalue weighted by Gasteiger charge is 2.26. The Balaban J connectivity index is 2.20. The lowest BCUT2D eigenvalue weighted by atomic mass is 10.1. The first-order valence-electron chi connectivity index (χ1n) is 5.08. The number of fused-ring (bicyclic) bond motifs is 1. The predicted molar refractivity (Wildman–Crippen MR) is 56.1 cm³/mol. The van der Waals surface area contributed by atoms with Gasteiger partial charge in [0.05, 0.1) is 6.26 Å². The summed E-state index contributed by atoms with van der Waals surface area (Å²) in [6.45, 7) is 0.602. The molecule has 1 saturated carbocycles. The second kappa shape index (κ2) is 2.85. The monoisotopic (exact) mass is 187 g/mol. The average molecular weight is 187 g/mol. The van der Waals surface area contributed by atoms with Crippen molar-refractivity contribution in [2.24, 2.45) is 5.73 Å². The average Bonchev–Trinajstić information content (AvgIpc) is 2.98. The van der Waals surface area contributed by atoms with E-state index < -0.39 is 0 Å². The molecule has 0 atom stereocenters. The van der Waals surface area contributed by atoms with Gasteiger partial charge in [-0.25, -0.2) is 0 Å². The van der Waals surface area contributed by atoms with E-state index >= 15 is 0 Å². The number of hydrogen-bond acceptors (Lipinski definition) is 2. The highest BCUT2D eigenvalue weighted by atomic mass is 16.3. The van der Waals surface area contributed by atoms with E-state index in [1.165, 1.54) is 29.4 Å². The van der Waals surface area contributed by atoms with Crippen LogP contribution in [0.4, 0.5) is 0 Å². The molecule has 0 amide bonds. The third kappa shape index (κ3) is 1.15. The molecule has 3 rings (SSSR count). The van der Waals surface area contributed by atoms with Crippen LogP contribution in [0, 0.1) is 0 Å². The van der Waals surface area contributed by atoms with Gasteiger partial charge in [-0.05, 0) is 36.5 Å². The molecule has 2 nitrogen and oxygen atoms in total. The van der Waals surface area contributed by atoms with Crippen molar-refractivity contribution in [3.8, 4) is 0 Å². The normalized spacial score (nSPS) is 16.4. The van der Waals surface area contributed by atoms with Crippen molar-refractivity contribution in [1.29, 1.82) is 0 Å². The largest absolute Gasteiger partial charge is 0.464 e. The molecule has 0 saturated heterocycles. The standard InChI is InChI=1S/C12H13NO/c13-6-8-1-4-12-10(5-8)11(7-14-12)9-2-3-9/h1,4-5,7,9H,2-3,6,13H2. The van der Waals surface area contributed by atoms with Crippen LogP contribution in [-0.4, -0.2) is 0 Å². The SMILES string of the molecule is NCc1ccc2occ(C3CC3)c2c1. The lowest BCUT2D eigenvalue weighted by Gasteiger charge is -1.97. The van der Waals surface area contributed by atoms with Crippen LogP contribution in [0.2, 0.25) is 0 Å². The molecule has 0 aliphatic heterocycles. The fraction of sp³-hybridized carbons (Fsp3) is 0.333. The van der Waals surface area contributed by atoms with E-state index in [9.17, 15) is 0 Å². The smallest absolute Gasteiger partial charge is 0.134 e. The van der Waals surface area contributed by atoms with Crippen molar-refractivity contribution in [3.63, 3.8) is 0 Å². The number of furan rings is 1. The topological polar surface area (TPSA) is 39.2 Å². The molecule has 1 aliphatic rings. The summed E-state index contributed by atoms with van der Waals surface area (Å²) < 4.78 is 5.51. The number of rotatable bonds is 2. The predicted octanol–water partition coefficient (Wildman–Crippen LogP) is 2.77. The summed E-state index contributed by atoms with van der Waals surface area (Å²) in [5.41, 5.74) is 9.16. The third-order valence-corrected chi connectivity index (χ3v) is 2.92. The molecule has 1 aliphatic carbocycles. The van der Waals surface area contributed by atoms with Gasteiger partial charge in [0, 0.05) is 17.5 Å². The molecule has 1 aromatic carbocycles. The summed E-state index contributed by atoms with van der Waals surface area (Å²) in [6.07, 6.45) is 4.52. The Morgan fingerprint density at radius 2 is 2.21 bits per heavy atom. The molecule has 1 heterocycles. The molecule has 0 bridgehead atoms. The molecule has 14 heavy (non-hydrogen) atoms. The van der Waals surface area contributed by atoms with Gasteiger partial charge in [0.15, 0.2) is 0 Å². The van der Waals surface area contributed by atoms with Gasteiger partial charge in [-0.15, -0.1) is 0 Å². The van der Waals surface area contributed by atoms with Gasteiger partial charge in [0.25, 0.3) is 0 Å². The van der Waals surface area contributed by atoms with E-state index in [-0.39, 0.29) is 0 Å². The molecule has 2 N–H and O–H groups in total. The zero-order valence-corrected chi connectivity index (χ0v) is 7.99.